The largest absolute Gasteiger partial charge is 0.361 e. The zero-order valence-corrected chi connectivity index (χ0v) is 22.1. The molecule has 0 saturated carbocycles. The summed E-state index contributed by atoms with van der Waals surface area (Å²) in [5.41, 5.74) is 5.73. The van der Waals surface area contributed by atoms with E-state index in [9.17, 15) is 0 Å². The number of allylic oxidation sites excluding steroid dienone is 1. The van der Waals surface area contributed by atoms with Gasteiger partial charge in [-0.3, -0.25) is 0 Å². The minimum atomic E-state index is -1.11. The highest BCUT2D eigenvalue weighted by Gasteiger charge is 2.23. The summed E-state index contributed by atoms with van der Waals surface area (Å²) in [6, 6.07) is 9.49. The van der Waals surface area contributed by atoms with Crippen molar-refractivity contribution in [2.75, 3.05) is 6.61 Å². The molecule has 3 aromatic rings. The monoisotopic (exact) mass is 533 g/mol. The third-order valence-corrected chi connectivity index (χ3v) is 7.52. The molecule has 0 N–H and O–H groups in total. The summed E-state index contributed by atoms with van der Waals surface area (Å²) in [4.78, 5) is 9.80. The van der Waals surface area contributed by atoms with Gasteiger partial charge in [-0.25, -0.2) is 9.97 Å². The number of benzene rings is 1. The molecule has 0 bridgehead atoms. The smallest absolute Gasteiger partial charge is 0.161 e. The molecule has 0 atom stereocenters. The topological polar surface area (TPSA) is 39.9 Å². The van der Waals surface area contributed by atoms with Gasteiger partial charge in [0.2, 0.25) is 0 Å². The molecule has 0 unspecified atom stereocenters. The molecule has 0 spiro atoms. The van der Waals surface area contributed by atoms with Crippen LogP contribution in [0.1, 0.15) is 26.3 Å². The van der Waals surface area contributed by atoms with Crippen LogP contribution < -0.4 is 0 Å². The van der Waals surface area contributed by atoms with Crippen LogP contribution in [0.2, 0.25) is 25.7 Å². The average Bonchev–Trinajstić information content (AvgIpc) is 3.01. The lowest BCUT2D eigenvalue weighted by molar-refractivity contribution is 0.0898. The third-order valence-electron chi connectivity index (χ3n) is 5.14. The Labute approximate surface area is 194 Å². The standard InChI is InChI=1S/C24H32IN3OSi/c1-17(24(2,3)4)20-15-28(16-29-11-12-30(5,6)7)23-22(20)27-21(14-26-23)18-9-8-10-19(25)13-18/h8-10,13-15H,1,11-12,16H2,2-7H3. The van der Waals surface area contributed by atoms with Crippen molar-refractivity contribution >= 4 is 47.4 Å². The van der Waals surface area contributed by atoms with Gasteiger partial charge < -0.3 is 9.30 Å². The molecule has 0 radical (unpaired) electrons. The molecule has 1 aromatic carbocycles. The number of ether oxygens (including phenoxy) is 1. The van der Waals surface area contributed by atoms with Crippen LogP contribution in [-0.2, 0) is 11.5 Å². The average molecular weight is 534 g/mol. The Morgan fingerprint density at radius 3 is 2.60 bits per heavy atom. The molecule has 3 rings (SSSR count). The SMILES string of the molecule is C=C(c1cn(COCC[Si](C)(C)C)c2ncc(-c3cccc(I)c3)nc12)C(C)(C)C. The molecule has 0 aliphatic heterocycles. The van der Waals surface area contributed by atoms with Crippen LogP contribution in [0.15, 0.2) is 43.2 Å². The van der Waals surface area contributed by atoms with Gasteiger partial charge >= 0.3 is 0 Å². The first-order valence-corrected chi connectivity index (χ1v) is 15.1. The summed E-state index contributed by atoms with van der Waals surface area (Å²) in [6.07, 6.45) is 3.96. The molecule has 2 heterocycles. The molecule has 0 aliphatic rings. The molecule has 0 amide bonds. The van der Waals surface area contributed by atoms with Gasteiger partial charge in [-0.1, -0.05) is 59.1 Å². The molecular weight excluding hydrogens is 501 g/mol. The van der Waals surface area contributed by atoms with Crippen LogP contribution >= 0.6 is 22.6 Å². The Kier molecular flexibility index (Phi) is 6.89. The highest BCUT2D eigenvalue weighted by molar-refractivity contribution is 14.1. The normalized spacial score (nSPS) is 12.5. The van der Waals surface area contributed by atoms with Gasteiger partial charge in [0, 0.05) is 35.6 Å². The van der Waals surface area contributed by atoms with Gasteiger partial charge in [0.25, 0.3) is 0 Å². The van der Waals surface area contributed by atoms with E-state index in [0.717, 1.165) is 46.2 Å². The zero-order chi connectivity index (χ0) is 22.1. The lowest BCUT2D eigenvalue weighted by Crippen LogP contribution is -2.22. The first kappa shape index (κ1) is 23.2. The van der Waals surface area contributed by atoms with Gasteiger partial charge in [0.05, 0.1) is 11.9 Å². The fraction of sp³-hybridized carbons (Fsp3) is 0.417. The van der Waals surface area contributed by atoms with E-state index in [1.54, 1.807) is 0 Å². The van der Waals surface area contributed by atoms with E-state index in [0.29, 0.717) is 6.73 Å². The quantitative estimate of drug-likeness (QED) is 0.185. The van der Waals surface area contributed by atoms with Crippen molar-refractivity contribution in [3.8, 4) is 11.3 Å². The van der Waals surface area contributed by atoms with Crippen LogP contribution in [0.4, 0.5) is 0 Å². The van der Waals surface area contributed by atoms with E-state index in [1.165, 1.54) is 3.57 Å². The summed E-state index contributed by atoms with van der Waals surface area (Å²) >= 11 is 2.33. The van der Waals surface area contributed by atoms with Gasteiger partial charge in [0.15, 0.2) is 5.65 Å². The molecule has 2 aromatic heterocycles. The predicted octanol–water partition coefficient (Wildman–Crippen LogP) is 7.07. The molecule has 6 heteroatoms. The molecule has 160 valence electrons. The number of halogens is 1. The Bertz CT molecular complexity index is 1060. The minimum absolute atomic E-state index is 0.0579. The van der Waals surface area contributed by atoms with Gasteiger partial charge in [-0.2, -0.15) is 0 Å². The van der Waals surface area contributed by atoms with Crippen molar-refractivity contribution in [1.82, 2.24) is 14.5 Å². The summed E-state index contributed by atoms with van der Waals surface area (Å²) < 4.78 is 9.26. The van der Waals surface area contributed by atoms with Crippen molar-refractivity contribution in [2.45, 2.75) is 53.2 Å². The first-order valence-electron chi connectivity index (χ1n) is 10.3. The van der Waals surface area contributed by atoms with Crippen molar-refractivity contribution in [2.24, 2.45) is 5.41 Å². The van der Waals surface area contributed by atoms with Crippen molar-refractivity contribution in [3.05, 3.63) is 52.4 Å². The van der Waals surface area contributed by atoms with Crippen LogP contribution in [0, 0.1) is 8.99 Å². The molecular formula is C24H32IN3OSi. The number of rotatable bonds is 7. The maximum absolute atomic E-state index is 6.01. The second-order valence-corrected chi connectivity index (χ2v) is 16.9. The third kappa shape index (κ3) is 5.59. The Morgan fingerprint density at radius 2 is 1.97 bits per heavy atom. The van der Waals surface area contributed by atoms with Crippen LogP contribution in [0.5, 0.6) is 0 Å². The second-order valence-electron chi connectivity index (χ2n) is 10.0. The maximum atomic E-state index is 6.01. The summed E-state index contributed by atoms with van der Waals surface area (Å²) in [6.45, 7) is 19.3. The van der Waals surface area contributed by atoms with Gasteiger partial charge in [0.1, 0.15) is 12.2 Å². The van der Waals surface area contributed by atoms with E-state index in [1.807, 2.05) is 6.20 Å². The minimum Gasteiger partial charge on any atom is -0.361 e. The Morgan fingerprint density at radius 1 is 1.23 bits per heavy atom. The molecule has 30 heavy (non-hydrogen) atoms. The molecule has 0 aliphatic carbocycles. The number of fused-ring (bicyclic) bond motifs is 1. The number of aromatic nitrogens is 3. The van der Waals surface area contributed by atoms with Crippen molar-refractivity contribution in [1.29, 1.82) is 0 Å². The zero-order valence-electron chi connectivity index (χ0n) is 18.9. The predicted molar refractivity (Wildman–Crippen MR) is 138 cm³/mol. The molecule has 0 saturated heterocycles. The van der Waals surface area contributed by atoms with Crippen LogP contribution in [0.25, 0.3) is 28.0 Å². The lowest BCUT2D eigenvalue weighted by Gasteiger charge is -2.21. The summed E-state index contributed by atoms with van der Waals surface area (Å²) in [5.74, 6) is 0. The highest BCUT2D eigenvalue weighted by atomic mass is 127. The highest BCUT2D eigenvalue weighted by Crippen LogP contribution is 2.36. The van der Waals surface area contributed by atoms with Gasteiger partial charge in [-0.05, 0) is 51.8 Å². The van der Waals surface area contributed by atoms with Crippen LogP contribution in [-0.4, -0.2) is 29.2 Å². The molecule has 0 fully saturated rings. The fourth-order valence-corrected chi connectivity index (χ4v) is 4.40. The van der Waals surface area contributed by atoms with E-state index in [4.69, 9.17) is 14.7 Å². The number of nitrogens with zero attached hydrogens (tertiary/aromatic N) is 3. The van der Waals surface area contributed by atoms with E-state index in [-0.39, 0.29) is 5.41 Å². The van der Waals surface area contributed by atoms with Crippen molar-refractivity contribution in [3.63, 3.8) is 0 Å². The van der Waals surface area contributed by atoms with E-state index in [2.05, 4.69) is 105 Å². The second kappa shape index (κ2) is 8.92. The summed E-state index contributed by atoms with van der Waals surface area (Å²) in [5, 5.41) is 0. The van der Waals surface area contributed by atoms with E-state index >= 15 is 0 Å². The Balaban J connectivity index is 2.00. The fourth-order valence-electron chi connectivity index (χ4n) is 3.10. The summed E-state index contributed by atoms with van der Waals surface area (Å²) in [7, 11) is -1.11. The number of hydrogen-bond acceptors (Lipinski definition) is 3. The van der Waals surface area contributed by atoms with Crippen LogP contribution in [0.3, 0.4) is 0 Å². The lowest BCUT2D eigenvalue weighted by atomic mass is 9.84. The first-order chi connectivity index (χ1) is 14.0. The Hall–Kier alpha value is -1.51. The maximum Gasteiger partial charge on any atom is 0.161 e. The molecule has 4 nitrogen and oxygen atoms in total. The van der Waals surface area contributed by atoms with Gasteiger partial charge in [-0.15, -0.1) is 0 Å². The van der Waals surface area contributed by atoms with Crippen molar-refractivity contribution < 1.29 is 4.74 Å². The number of hydrogen-bond donors (Lipinski definition) is 0. The van der Waals surface area contributed by atoms with E-state index < -0.39 is 8.07 Å².